The van der Waals surface area contributed by atoms with E-state index in [-0.39, 0.29) is 5.82 Å². The fourth-order valence-electron chi connectivity index (χ4n) is 4.45. The van der Waals surface area contributed by atoms with Crippen LogP contribution in [0.25, 0.3) is 16.6 Å². The van der Waals surface area contributed by atoms with E-state index in [0.717, 1.165) is 11.1 Å². The number of aromatic nitrogens is 1. The minimum Gasteiger partial charge on any atom is -0.497 e. The molecule has 4 aromatic rings. The van der Waals surface area contributed by atoms with Crippen LogP contribution in [-0.4, -0.2) is 54.3 Å². The Morgan fingerprint density at radius 2 is 1.59 bits per heavy atom. The van der Waals surface area contributed by atoms with E-state index in [9.17, 15) is 14.0 Å². The monoisotopic (exact) mass is 457 g/mol. The molecule has 1 saturated heterocycles. The number of fused-ring (bicyclic) bond motifs is 1. The number of methoxy groups -OCH3 is 1. The highest BCUT2D eigenvalue weighted by atomic mass is 19.1. The fraction of sp³-hybridized carbons (Fsp3) is 0.185. The average molecular weight is 458 g/mol. The van der Waals surface area contributed by atoms with Crippen LogP contribution in [0.1, 0.15) is 10.5 Å². The van der Waals surface area contributed by atoms with Crippen molar-refractivity contribution < 1.29 is 18.7 Å². The average Bonchev–Trinajstić information content (AvgIpc) is 3.28. The van der Waals surface area contributed by atoms with E-state index in [2.05, 4.69) is 0 Å². The van der Waals surface area contributed by atoms with Gasteiger partial charge in [-0.2, -0.15) is 0 Å². The smallest absolute Gasteiger partial charge is 0.296 e. The molecular weight excluding hydrogens is 433 g/mol. The van der Waals surface area contributed by atoms with E-state index in [1.165, 1.54) is 6.07 Å². The van der Waals surface area contributed by atoms with Crippen molar-refractivity contribution in [2.45, 2.75) is 0 Å². The van der Waals surface area contributed by atoms with Gasteiger partial charge >= 0.3 is 0 Å². The van der Waals surface area contributed by atoms with Gasteiger partial charge in [0.25, 0.3) is 11.7 Å². The highest BCUT2D eigenvalue weighted by Gasteiger charge is 2.31. The van der Waals surface area contributed by atoms with Crippen molar-refractivity contribution in [3.63, 3.8) is 0 Å². The van der Waals surface area contributed by atoms with Crippen molar-refractivity contribution in [1.29, 1.82) is 0 Å². The number of ketones is 1. The number of para-hydroxylation sites is 1. The molecule has 1 aliphatic rings. The molecule has 0 bridgehead atoms. The number of Topliss-reactive ketones (excluding diaryl/α,β-unsaturated/α-hetero) is 1. The second kappa shape index (κ2) is 9.02. The summed E-state index contributed by atoms with van der Waals surface area (Å²) in [5, 5.41) is 0. The van der Waals surface area contributed by atoms with Crippen molar-refractivity contribution in [2.75, 3.05) is 38.2 Å². The zero-order valence-corrected chi connectivity index (χ0v) is 18.8. The van der Waals surface area contributed by atoms with E-state index in [1.807, 2.05) is 53.4 Å². The summed E-state index contributed by atoms with van der Waals surface area (Å²) in [5.41, 5.74) is 3.19. The second-order valence-corrected chi connectivity index (χ2v) is 8.19. The first-order valence-corrected chi connectivity index (χ1v) is 11.1. The molecule has 3 heterocycles. The zero-order chi connectivity index (χ0) is 23.7. The Bertz CT molecular complexity index is 1360. The maximum absolute atomic E-state index is 14.2. The molecule has 0 saturated carbocycles. The molecule has 6 nitrogen and oxygen atoms in total. The van der Waals surface area contributed by atoms with Crippen molar-refractivity contribution in [1.82, 2.24) is 9.30 Å². The number of amides is 1. The van der Waals surface area contributed by atoms with E-state index in [4.69, 9.17) is 4.74 Å². The number of carbonyl (C=O) groups excluding carboxylic acids is 2. The highest BCUT2D eigenvalue weighted by molar-refractivity contribution is 6.43. The maximum atomic E-state index is 14.2. The Labute approximate surface area is 196 Å². The number of ether oxygens (including phenoxy) is 1. The van der Waals surface area contributed by atoms with E-state index < -0.39 is 11.7 Å². The van der Waals surface area contributed by atoms with Gasteiger partial charge in [0.2, 0.25) is 0 Å². The number of benzene rings is 2. The largest absolute Gasteiger partial charge is 0.497 e. The van der Waals surface area contributed by atoms with E-state index in [1.54, 1.807) is 40.8 Å². The zero-order valence-electron chi connectivity index (χ0n) is 18.8. The number of anilines is 1. The summed E-state index contributed by atoms with van der Waals surface area (Å²) in [5.74, 6) is -0.686. The van der Waals surface area contributed by atoms with Gasteiger partial charge in [0.05, 0.1) is 12.8 Å². The van der Waals surface area contributed by atoms with E-state index >= 15 is 0 Å². The standard InChI is InChI=1S/C27H24FN3O3/c1-34-21-11-9-19(10-12-21)22-18-20-6-4-5-13-31(20)25(22)26(32)27(33)30-16-14-29(15-17-30)24-8-3-2-7-23(24)28/h2-13,18H,14-17H2,1H3. The summed E-state index contributed by atoms with van der Waals surface area (Å²) in [6.07, 6.45) is 1.79. The quantitative estimate of drug-likeness (QED) is 0.332. The summed E-state index contributed by atoms with van der Waals surface area (Å²) in [7, 11) is 1.60. The van der Waals surface area contributed by atoms with Gasteiger partial charge in [0, 0.05) is 43.5 Å². The number of rotatable bonds is 5. The molecular formula is C27H24FN3O3. The molecule has 0 aliphatic carbocycles. The fourth-order valence-corrected chi connectivity index (χ4v) is 4.45. The molecule has 34 heavy (non-hydrogen) atoms. The van der Waals surface area contributed by atoms with Crippen molar-refractivity contribution in [2.24, 2.45) is 0 Å². The van der Waals surface area contributed by atoms with Crippen LogP contribution in [0.5, 0.6) is 5.75 Å². The van der Waals surface area contributed by atoms with Gasteiger partial charge in [0.15, 0.2) is 0 Å². The molecule has 1 aliphatic heterocycles. The summed E-state index contributed by atoms with van der Waals surface area (Å²) in [4.78, 5) is 30.3. The van der Waals surface area contributed by atoms with Gasteiger partial charge in [0.1, 0.15) is 17.3 Å². The third-order valence-corrected chi connectivity index (χ3v) is 6.25. The molecule has 0 unspecified atom stereocenters. The number of halogens is 1. The summed E-state index contributed by atoms with van der Waals surface area (Å²) in [6, 6.07) is 21.6. The molecule has 1 amide bonds. The van der Waals surface area contributed by atoms with Crippen molar-refractivity contribution >= 4 is 22.9 Å². The number of carbonyl (C=O) groups is 2. The van der Waals surface area contributed by atoms with Crippen LogP contribution in [0.2, 0.25) is 0 Å². The number of nitrogens with zero attached hydrogens (tertiary/aromatic N) is 3. The van der Waals surface area contributed by atoms with Gasteiger partial charge in [-0.05, 0) is 48.0 Å². The Morgan fingerprint density at radius 3 is 2.29 bits per heavy atom. The molecule has 1 fully saturated rings. The Balaban J connectivity index is 1.42. The topological polar surface area (TPSA) is 54.3 Å². The third kappa shape index (κ3) is 3.90. The highest BCUT2D eigenvalue weighted by Crippen LogP contribution is 2.30. The normalized spacial score (nSPS) is 13.8. The van der Waals surface area contributed by atoms with Gasteiger partial charge in [-0.15, -0.1) is 0 Å². The van der Waals surface area contributed by atoms with Gasteiger partial charge < -0.3 is 18.9 Å². The molecule has 172 valence electrons. The van der Waals surface area contributed by atoms with Crippen LogP contribution >= 0.6 is 0 Å². The predicted molar refractivity (Wildman–Crippen MR) is 129 cm³/mol. The van der Waals surface area contributed by atoms with Crippen LogP contribution in [0.15, 0.2) is 79.0 Å². The first kappa shape index (κ1) is 21.7. The molecule has 7 heteroatoms. The first-order chi connectivity index (χ1) is 16.6. The number of hydrogen-bond donors (Lipinski definition) is 0. The lowest BCUT2D eigenvalue weighted by Crippen LogP contribution is -2.51. The lowest BCUT2D eigenvalue weighted by molar-refractivity contribution is -0.126. The lowest BCUT2D eigenvalue weighted by Gasteiger charge is -2.35. The number of pyridine rings is 1. The summed E-state index contributed by atoms with van der Waals surface area (Å²) in [6.45, 7) is 1.61. The van der Waals surface area contributed by atoms with Crippen molar-refractivity contribution in [3.8, 4) is 16.9 Å². The summed E-state index contributed by atoms with van der Waals surface area (Å²) >= 11 is 0. The second-order valence-electron chi connectivity index (χ2n) is 8.19. The molecule has 2 aromatic carbocycles. The van der Waals surface area contributed by atoms with Gasteiger partial charge in [-0.25, -0.2) is 4.39 Å². The lowest BCUT2D eigenvalue weighted by atomic mass is 10.0. The van der Waals surface area contributed by atoms with Crippen LogP contribution in [0, 0.1) is 5.82 Å². The van der Waals surface area contributed by atoms with Crippen molar-refractivity contribution in [3.05, 3.63) is 90.5 Å². The summed E-state index contributed by atoms with van der Waals surface area (Å²) < 4.78 is 21.2. The van der Waals surface area contributed by atoms with Crippen LogP contribution in [0.3, 0.4) is 0 Å². The predicted octanol–water partition coefficient (Wildman–Crippen LogP) is 4.29. The molecule has 2 aromatic heterocycles. The first-order valence-electron chi connectivity index (χ1n) is 11.1. The molecule has 0 spiro atoms. The Kier molecular flexibility index (Phi) is 5.76. The Morgan fingerprint density at radius 1 is 0.882 bits per heavy atom. The molecule has 0 atom stereocenters. The number of hydrogen-bond acceptors (Lipinski definition) is 4. The SMILES string of the molecule is COc1ccc(-c2cc3ccccn3c2C(=O)C(=O)N2CCN(c3ccccc3F)CC2)cc1. The molecule has 0 N–H and O–H groups in total. The van der Waals surface area contributed by atoms with Gasteiger partial charge in [-0.3, -0.25) is 9.59 Å². The van der Waals surface area contributed by atoms with Gasteiger partial charge in [-0.1, -0.05) is 30.3 Å². The van der Waals surface area contributed by atoms with Crippen LogP contribution in [0.4, 0.5) is 10.1 Å². The Hall–Kier alpha value is -4.13. The maximum Gasteiger partial charge on any atom is 0.296 e. The van der Waals surface area contributed by atoms with Crippen LogP contribution < -0.4 is 9.64 Å². The third-order valence-electron chi connectivity index (χ3n) is 6.25. The minimum atomic E-state index is -0.559. The van der Waals surface area contributed by atoms with Crippen LogP contribution in [-0.2, 0) is 4.79 Å². The minimum absolute atomic E-state index is 0.290. The molecule has 0 radical (unpaired) electrons. The number of piperazine rings is 1. The van der Waals surface area contributed by atoms with E-state index in [0.29, 0.717) is 48.9 Å². The molecule has 5 rings (SSSR count).